The van der Waals surface area contributed by atoms with Crippen LogP contribution in [0, 0.1) is 11.8 Å². The number of amides is 1. The fraction of sp³-hybridized carbons (Fsp3) is 0.440. The fourth-order valence-electron chi connectivity index (χ4n) is 3.55. The highest BCUT2D eigenvalue weighted by molar-refractivity contribution is 7.58. The van der Waals surface area contributed by atoms with Crippen LogP contribution < -0.4 is 5.32 Å². The molecule has 0 aliphatic heterocycles. The highest BCUT2D eigenvalue weighted by atomic mass is 31.2. The van der Waals surface area contributed by atoms with Gasteiger partial charge in [0.2, 0.25) is 7.37 Å². The van der Waals surface area contributed by atoms with Crippen molar-refractivity contribution in [1.29, 1.82) is 0 Å². The van der Waals surface area contributed by atoms with Gasteiger partial charge >= 0.3 is 12.1 Å². The SMILES string of the molecule is CCOC(=O)[C@@H](CC(C)C)CP(=O)(O)[C@@H](Cc1ccccc1)NC(=O)OCc1ccccc1. The smallest absolute Gasteiger partial charge is 0.408 e. The molecule has 0 saturated carbocycles. The van der Waals surface area contributed by atoms with Gasteiger partial charge in [-0.25, -0.2) is 4.79 Å². The Hall–Kier alpha value is -2.63. The molecular formula is C25H34NO6P. The number of benzene rings is 2. The van der Waals surface area contributed by atoms with E-state index in [0.717, 1.165) is 11.1 Å². The Morgan fingerprint density at radius 3 is 2.09 bits per heavy atom. The highest BCUT2D eigenvalue weighted by Gasteiger charge is 2.38. The van der Waals surface area contributed by atoms with Crippen LogP contribution in [-0.4, -0.2) is 35.5 Å². The summed E-state index contributed by atoms with van der Waals surface area (Å²) in [5.74, 6) is -2.20. The van der Waals surface area contributed by atoms with Gasteiger partial charge in [-0.1, -0.05) is 74.5 Å². The molecule has 0 aliphatic rings. The van der Waals surface area contributed by atoms with Crippen molar-refractivity contribution in [3.05, 3.63) is 71.8 Å². The molecular weight excluding hydrogens is 441 g/mol. The molecule has 0 saturated heterocycles. The Labute approximate surface area is 196 Å². The summed E-state index contributed by atoms with van der Waals surface area (Å²) in [5, 5.41) is 2.58. The van der Waals surface area contributed by atoms with Crippen LogP contribution in [0.4, 0.5) is 4.79 Å². The molecule has 1 amide bonds. The summed E-state index contributed by atoms with van der Waals surface area (Å²) in [6, 6.07) is 18.3. The molecule has 8 heteroatoms. The molecule has 2 aromatic rings. The molecule has 0 fully saturated rings. The number of esters is 1. The molecule has 0 spiro atoms. The molecule has 3 atom stereocenters. The topological polar surface area (TPSA) is 102 Å². The second-order valence-corrected chi connectivity index (χ2v) is 10.9. The average molecular weight is 476 g/mol. The Balaban J connectivity index is 2.18. The zero-order valence-electron chi connectivity index (χ0n) is 19.5. The molecule has 0 radical (unpaired) electrons. The summed E-state index contributed by atoms with van der Waals surface area (Å²) in [7, 11) is -4.02. The van der Waals surface area contributed by atoms with Crippen LogP contribution in [0.15, 0.2) is 60.7 Å². The first-order chi connectivity index (χ1) is 15.7. The Morgan fingerprint density at radius 2 is 1.55 bits per heavy atom. The first kappa shape index (κ1) is 26.6. The number of carbonyl (C=O) groups is 2. The van der Waals surface area contributed by atoms with E-state index in [2.05, 4.69) is 5.32 Å². The lowest BCUT2D eigenvalue weighted by Gasteiger charge is -2.27. The first-order valence-electron chi connectivity index (χ1n) is 11.2. The molecule has 2 rings (SSSR count). The van der Waals surface area contributed by atoms with Crippen molar-refractivity contribution in [3.8, 4) is 0 Å². The zero-order chi connectivity index (χ0) is 24.3. The zero-order valence-corrected chi connectivity index (χ0v) is 20.4. The third kappa shape index (κ3) is 9.40. The van der Waals surface area contributed by atoms with Crippen LogP contribution in [0.25, 0.3) is 0 Å². The summed E-state index contributed by atoms with van der Waals surface area (Å²) >= 11 is 0. The van der Waals surface area contributed by atoms with E-state index in [0.29, 0.717) is 6.42 Å². The molecule has 0 heterocycles. The van der Waals surface area contributed by atoms with Crippen molar-refractivity contribution >= 4 is 19.4 Å². The molecule has 7 nitrogen and oxygen atoms in total. The number of carbonyl (C=O) groups excluding carboxylic acids is 2. The van der Waals surface area contributed by atoms with Gasteiger partial charge < -0.3 is 19.7 Å². The fourth-order valence-corrected chi connectivity index (χ4v) is 5.54. The van der Waals surface area contributed by atoms with E-state index in [-0.39, 0.29) is 31.7 Å². The quantitative estimate of drug-likeness (QED) is 0.332. The van der Waals surface area contributed by atoms with Gasteiger partial charge in [0.1, 0.15) is 12.4 Å². The van der Waals surface area contributed by atoms with Crippen LogP contribution in [0.3, 0.4) is 0 Å². The van der Waals surface area contributed by atoms with E-state index < -0.39 is 31.1 Å². The van der Waals surface area contributed by atoms with Gasteiger partial charge in [0.15, 0.2) is 0 Å². The van der Waals surface area contributed by atoms with Crippen LogP contribution in [-0.2, 0) is 31.9 Å². The van der Waals surface area contributed by atoms with Gasteiger partial charge in [-0.15, -0.1) is 0 Å². The maximum atomic E-state index is 13.5. The van der Waals surface area contributed by atoms with Gasteiger partial charge in [0.25, 0.3) is 0 Å². The average Bonchev–Trinajstić information content (AvgIpc) is 2.78. The molecule has 2 aromatic carbocycles. The molecule has 0 aliphatic carbocycles. The van der Waals surface area contributed by atoms with Gasteiger partial charge in [-0.05, 0) is 30.4 Å². The van der Waals surface area contributed by atoms with Crippen molar-refractivity contribution in [1.82, 2.24) is 5.32 Å². The third-order valence-corrected chi connectivity index (χ3v) is 7.36. The van der Waals surface area contributed by atoms with Gasteiger partial charge in [0.05, 0.1) is 12.5 Å². The number of rotatable bonds is 12. The number of hydrogen-bond donors (Lipinski definition) is 2. The Morgan fingerprint density at radius 1 is 0.970 bits per heavy atom. The summed E-state index contributed by atoms with van der Waals surface area (Å²) in [4.78, 5) is 36.0. The van der Waals surface area contributed by atoms with Crippen molar-refractivity contribution < 1.29 is 28.5 Å². The van der Waals surface area contributed by atoms with E-state index in [1.54, 1.807) is 6.92 Å². The maximum Gasteiger partial charge on any atom is 0.408 e. The van der Waals surface area contributed by atoms with Gasteiger partial charge in [-0.3, -0.25) is 9.36 Å². The van der Waals surface area contributed by atoms with Crippen LogP contribution in [0.5, 0.6) is 0 Å². The van der Waals surface area contributed by atoms with E-state index in [1.165, 1.54) is 0 Å². The summed E-state index contributed by atoms with van der Waals surface area (Å²) in [6.07, 6.45) is -0.516. The minimum atomic E-state index is -4.02. The lowest BCUT2D eigenvalue weighted by atomic mass is 9.99. The largest absolute Gasteiger partial charge is 0.466 e. The Kier molecular flexibility index (Phi) is 10.6. The van der Waals surface area contributed by atoms with Crippen LogP contribution in [0.2, 0.25) is 0 Å². The number of hydrogen-bond acceptors (Lipinski definition) is 5. The summed E-state index contributed by atoms with van der Waals surface area (Å²) < 4.78 is 23.9. The van der Waals surface area contributed by atoms with Crippen LogP contribution in [0.1, 0.15) is 38.3 Å². The number of alkyl carbamates (subject to hydrolysis) is 1. The predicted molar refractivity (Wildman–Crippen MR) is 128 cm³/mol. The lowest BCUT2D eigenvalue weighted by Crippen LogP contribution is -2.38. The second kappa shape index (κ2) is 13.2. The standard InChI is InChI=1S/C25H34NO6P/c1-4-31-24(27)22(15-19(2)3)18-33(29,30)23(16-20-11-7-5-8-12-20)26-25(28)32-17-21-13-9-6-10-14-21/h5-14,19,22-23H,4,15-18H2,1-3H3,(H,26,28)(H,29,30)/t22-,23-/m0/s1. The van der Waals surface area contributed by atoms with Crippen molar-refractivity contribution in [3.63, 3.8) is 0 Å². The van der Waals surface area contributed by atoms with Gasteiger partial charge in [-0.2, -0.15) is 0 Å². The normalized spacial score (nSPS) is 14.7. The predicted octanol–water partition coefficient (Wildman–Crippen LogP) is 4.98. The summed E-state index contributed by atoms with van der Waals surface area (Å²) in [5.41, 5.74) is 1.59. The molecule has 0 bridgehead atoms. The summed E-state index contributed by atoms with van der Waals surface area (Å²) in [6.45, 7) is 5.82. The van der Waals surface area contributed by atoms with E-state index in [9.17, 15) is 19.0 Å². The third-order valence-electron chi connectivity index (χ3n) is 5.11. The van der Waals surface area contributed by atoms with E-state index in [4.69, 9.17) is 9.47 Å². The Bertz CT molecular complexity index is 919. The number of ether oxygens (including phenoxy) is 2. The van der Waals surface area contributed by atoms with Crippen molar-refractivity contribution in [2.75, 3.05) is 12.8 Å². The van der Waals surface area contributed by atoms with Crippen LogP contribution >= 0.6 is 7.37 Å². The van der Waals surface area contributed by atoms with Gasteiger partial charge in [0, 0.05) is 12.6 Å². The highest BCUT2D eigenvalue weighted by Crippen LogP contribution is 2.49. The molecule has 0 aromatic heterocycles. The van der Waals surface area contributed by atoms with Crippen molar-refractivity contribution in [2.45, 2.75) is 46.0 Å². The minimum Gasteiger partial charge on any atom is -0.466 e. The van der Waals surface area contributed by atoms with E-state index >= 15 is 0 Å². The molecule has 2 N–H and O–H groups in total. The molecule has 1 unspecified atom stereocenters. The maximum absolute atomic E-state index is 13.5. The van der Waals surface area contributed by atoms with E-state index in [1.807, 2.05) is 74.5 Å². The number of nitrogens with one attached hydrogen (secondary N) is 1. The minimum absolute atomic E-state index is 0.0409. The lowest BCUT2D eigenvalue weighted by molar-refractivity contribution is -0.147. The second-order valence-electron chi connectivity index (χ2n) is 8.43. The van der Waals surface area contributed by atoms with Crippen molar-refractivity contribution in [2.24, 2.45) is 11.8 Å². The monoisotopic (exact) mass is 475 g/mol. The molecule has 180 valence electrons. The first-order valence-corrected chi connectivity index (χ1v) is 13.1. The molecule has 33 heavy (non-hydrogen) atoms.